The van der Waals surface area contributed by atoms with E-state index in [0.29, 0.717) is 13.2 Å². The van der Waals surface area contributed by atoms with Crippen LogP contribution < -0.4 is 10.1 Å². The van der Waals surface area contributed by atoms with Crippen molar-refractivity contribution in [3.05, 3.63) is 28.2 Å². The van der Waals surface area contributed by atoms with Crippen molar-refractivity contribution in [2.24, 2.45) is 5.41 Å². The van der Waals surface area contributed by atoms with E-state index in [1.54, 1.807) is 0 Å². The molecule has 0 bridgehead atoms. The van der Waals surface area contributed by atoms with Gasteiger partial charge in [-0.1, -0.05) is 15.9 Å². The molecule has 0 radical (unpaired) electrons. The topological polar surface area (TPSA) is 47.6 Å². The first-order valence-corrected chi connectivity index (χ1v) is 7.26. The molecule has 19 heavy (non-hydrogen) atoms. The van der Waals surface area contributed by atoms with Crippen molar-refractivity contribution in [1.82, 2.24) is 5.32 Å². The van der Waals surface area contributed by atoms with Crippen molar-refractivity contribution < 1.29 is 14.3 Å². The average molecular weight is 324 g/mol. The van der Waals surface area contributed by atoms with Gasteiger partial charge in [0, 0.05) is 15.5 Å². The predicted octanol–water partition coefficient (Wildman–Crippen LogP) is 1.96. The van der Waals surface area contributed by atoms with Crippen LogP contribution in [0, 0.1) is 5.41 Å². The second kappa shape index (κ2) is 3.73. The zero-order valence-electron chi connectivity index (χ0n) is 10.4. The first-order valence-electron chi connectivity index (χ1n) is 6.47. The summed E-state index contributed by atoms with van der Waals surface area (Å²) in [4.78, 5) is 11.9. The molecule has 2 spiro atoms. The van der Waals surface area contributed by atoms with Crippen molar-refractivity contribution in [3.8, 4) is 5.75 Å². The molecule has 1 N–H and O–H groups in total. The number of morpholine rings is 1. The van der Waals surface area contributed by atoms with Gasteiger partial charge >= 0.3 is 0 Å². The quantitative estimate of drug-likeness (QED) is 0.794. The molecule has 1 aliphatic carbocycles. The molecule has 4 nitrogen and oxygen atoms in total. The number of hydrogen-bond donors (Lipinski definition) is 1. The normalized spacial score (nSPS) is 30.7. The number of carbonyl (C=O) groups excluding carboxylic acids is 1. The summed E-state index contributed by atoms with van der Waals surface area (Å²) in [7, 11) is 0. The SMILES string of the molecule is O=C1COCC2(N1)c1cc(Br)ccc1OCC21CC1. The van der Waals surface area contributed by atoms with Crippen LogP contribution in [0.25, 0.3) is 0 Å². The molecule has 2 aliphatic heterocycles. The minimum Gasteiger partial charge on any atom is -0.493 e. The summed E-state index contributed by atoms with van der Waals surface area (Å²) < 4.78 is 12.4. The maximum Gasteiger partial charge on any atom is 0.246 e. The van der Waals surface area contributed by atoms with Crippen molar-refractivity contribution in [2.45, 2.75) is 18.4 Å². The molecule has 4 rings (SSSR count). The maximum atomic E-state index is 11.9. The van der Waals surface area contributed by atoms with E-state index in [1.807, 2.05) is 18.2 Å². The van der Waals surface area contributed by atoms with E-state index in [-0.39, 0.29) is 17.9 Å². The van der Waals surface area contributed by atoms with E-state index in [1.165, 1.54) is 0 Å². The Hall–Kier alpha value is -1.07. The van der Waals surface area contributed by atoms with Crippen molar-refractivity contribution in [1.29, 1.82) is 0 Å². The summed E-state index contributed by atoms with van der Waals surface area (Å²) in [6.07, 6.45) is 2.14. The lowest BCUT2D eigenvalue weighted by atomic mass is 9.73. The molecule has 1 saturated heterocycles. The third-order valence-corrected chi connectivity index (χ3v) is 5.06. The highest BCUT2D eigenvalue weighted by Crippen LogP contribution is 2.62. The molecular weight excluding hydrogens is 310 g/mol. The number of benzene rings is 1. The molecule has 1 amide bonds. The fourth-order valence-electron chi connectivity index (χ4n) is 3.35. The minimum atomic E-state index is -0.417. The van der Waals surface area contributed by atoms with E-state index < -0.39 is 5.54 Å². The number of halogens is 1. The van der Waals surface area contributed by atoms with E-state index >= 15 is 0 Å². The van der Waals surface area contributed by atoms with Gasteiger partial charge in [-0.15, -0.1) is 0 Å². The van der Waals surface area contributed by atoms with Gasteiger partial charge < -0.3 is 14.8 Å². The summed E-state index contributed by atoms with van der Waals surface area (Å²) in [5, 5.41) is 3.20. The number of ether oxygens (including phenoxy) is 2. The molecular formula is C14H14BrNO3. The molecule has 0 aromatic heterocycles. The number of rotatable bonds is 0. The molecule has 2 heterocycles. The van der Waals surface area contributed by atoms with Crippen molar-refractivity contribution in [3.63, 3.8) is 0 Å². The van der Waals surface area contributed by atoms with E-state index in [2.05, 4.69) is 21.2 Å². The molecule has 100 valence electrons. The van der Waals surface area contributed by atoms with Crippen LogP contribution in [0.2, 0.25) is 0 Å². The zero-order valence-corrected chi connectivity index (χ0v) is 12.0. The summed E-state index contributed by atoms with van der Waals surface area (Å²) in [6, 6.07) is 5.96. The largest absolute Gasteiger partial charge is 0.493 e. The Bertz CT molecular complexity index is 570. The molecule has 2 fully saturated rings. The number of nitrogens with one attached hydrogen (secondary N) is 1. The highest BCUT2D eigenvalue weighted by molar-refractivity contribution is 9.10. The molecule has 1 saturated carbocycles. The molecule has 3 aliphatic rings. The lowest BCUT2D eigenvalue weighted by Crippen LogP contribution is -2.62. The maximum absolute atomic E-state index is 11.9. The van der Waals surface area contributed by atoms with Gasteiger partial charge in [-0.05, 0) is 31.0 Å². The van der Waals surface area contributed by atoms with Crippen LogP contribution in [0.5, 0.6) is 5.75 Å². The van der Waals surface area contributed by atoms with Crippen LogP contribution in [-0.2, 0) is 15.1 Å². The predicted molar refractivity (Wildman–Crippen MR) is 71.9 cm³/mol. The van der Waals surface area contributed by atoms with Gasteiger partial charge in [0.2, 0.25) is 5.91 Å². The van der Waals surface area contributed by atoms with E-state index in [9.17, 15) is 4.79 Å². The van der Waals surface area contributed by atoms with Gasteiger partial charge in [0.05, 0.1) is 13.2 Å². The Morgan fingerprint density at radius 1 is 1.26 bits per heavy atom. The lowest BCUT2D eigenvalue weighted by molar-refractivity contribution is -0.141. The number of carbonyl (C=O) groups is 1. The summed E-state index contributed by atoms with van der Waals surface area (Å²) in [6.45, 7) is 1.35. The zero-order chi connectivity index (χ0) is 13.1. The Kier molecular flexibility index (Phi) is 2.30. The molecule has 1 atom stereocenters. The molecule has 1 unspecified atom stereocenters. The van der Waals surface area contributed by atoms with Crippen LogP contribution in [0.15, 0.2) is 22.7 Å². The number of hydrogen-bond acceptors (Lipinski definition) is 3. The van der Waals surface area contributed by atoms with Crippen LogP contribution in [-0.4, -0.2) is 25.7 Å². The first-order chi connectivity index (χ1) is 9.15. The number of fused-ring (bicyclic) bond motifs is 3. The van der Waals surface area contributed by atoms with E-state index in [0.717, 1.165) is 28.6 Å². The van der Waals surface area contributed by atoms with Crippen molar-refractivity contribution >= 4 is 21.8 Å². The first kappa shape index (κ1) is 11.7. The fraction of sp³-hybridized carbons (Fsp3) is 0.500. The monoisotopic (exact) mass is 323 g/mol. The van der Waals surface area contributed by atoms with Crippen molar-refractivity contribution in [2.75, 3.05) is 19.8 Å². The fourth-order valence-corrected chi connectivity index (χ4v) is 3.71. The van der Waals surface area contributed by atoms with Crippen LogP contribution in [0.4, 0.5) is 0 Å². The molecule has 1 aromatic carbocycles. The second-order valence-corrected chi connectivity index (χ2v) is 6.57. The smallest absolute Gasteiger partial charge is 0.246 e. The van der Waals surface area contributed by atoms with Gasteiger partial charge in [0.25, 0.3) is 0 Å². The average Bonchev–Trinajstić information content (AvgIpc) is 3.17. The van der Waals surface area contributed by atoms with Crippen LogP contribution >= 0.6 is 15.9 Å². The van der Waals surface area contributed by atoms with Crippen LogP contribution in [0.3, 0.4) is 0 Å². The molecule has 1 aromatic rings. The van der Waals surface area contributed by atoms with Gasteiger partial charge in [-0.25, -0.2) is 0 Å². The van der Waals surface area contributed by atoms with Gasteiger partial charge in [-0.2, -0.15) is 0 Å². The number of amides is 1. The summed E-state index contributed by atoms with van der Waals surface area (Å²) in [5.41, 5.74) is 0.634. The highest BCUT2D eigenvalue weighted by Gasteiger charge is 2.65. The van der Waals surface area contributed by atoms with Gasteiger partial charge in [0.15, 0.2) is 0 Å². The Morgan fingerprint density at radius 2 is 2.11 bits per heavy atom. The Balaban J connectivity index is 1.91. The molecule has 5 heteroatoms. The Morgan fingerprint density at radius 3 is 2.84 bits per heavy atom. The second-order valence-electron chi connectivity index (χ2n) is 5.66. The summed E-state index contributed by atoms with van der Waals surface area (Å²) >= 11 is 3.50. The highest BCUT2D eigenvalue weighted by atomic mass is 79.9. The standard InChI is InChI=1S/C14H14BrNO3/c15-9-1-2-11-10(5-9)14(8-18-6-12(17)16-14)13(3-4-13)7-19-11/h1-2,5H,3-4,6-8H2,(H,16,17). The Labute approximate surface area is 119 Å². The van der Waals surface area contributed by atoms with E-state index in [4.69, 9.17) is 9.47 Å². The minimum absolute atomic E-state index is 0.0108. The van der Waals surface area contributed by atoms with Gasteiger partial charge in [-0.3, -0.25) is 4.79 Å². The third-order valence-electron chi connectivity index (χ3n) is 4.57. The van der Waals surface area contributed by atoms with Crippen LogP contribution in [0.1, 0.15) is 18.4 Å². The summed E-state index contributed by atoms with van der Waals surface area (Å²) in [5.74, 6) is 0.817. The third kappa shape index (κ3) is 1.51. The lowest BCUT2D eigenvalue weighted by Gasteiger charge is -2.48. The van der Waals surface area contributed by atoms with Gasteiger partial charge in [0.1, 0.15) is 17.9 Å².